The van der Waals surface area contributed by atoms with Gasteiger partial charge in [-0.2, -0.15) is 0 Å². The molecule has 4 rings (SSSR count). The number of rotatable bonds is 5. The molecule has 3 heteroatoms. The predicted molar refractivity (Wildman–Crippen MR) is 99.9 cm³/mol. The van der Waals surface area contributed by atoms with Crippen molar-refractivity contribution in [2.75, 3.05) is 0 Å². The van der Waals surface area contributed by atoms with Gasteiger partial charge in [-0.1, -0.05) is 48.5 Å². The minimum Gasteiger partial charge on any atom is -0.439 e. The highest BCUT2D eigenvalue weighted by Gasteiger charge is 2.06. The molecule has 2 aromatic carbocycles. The maximum absolute atomic E-state index is 5.94. The Balaban J connectivity index is 1.52. The molecule has 0 aliphatic heterocycles. The van der Waals surface area contributed by atoms with Gasteiger partial charge in [0.05, 0.1) is 5.52 Å². The Morgan fingerprint density at radius 2 is 1.56 bits per heavy atom. The quantitative estimate of drug-likeness (QED) is 0.505. The molecule has 4 aromatic rings. The Morgan fingerprint density at radius 1 is 0.720 bits per heavy atom. The summed E-state index contributed by atoms with van der Waals surface area (Å²) in [6, 6.07) is 26.2. The molecular weight excluding hydrogens is 308 g/mol. The Morgan fingerprint density at radius 3 is 2.48 bits per heavy atom. The van der Waals surface area contributed by atoms with Crippen LogP contribution in [0.5, 0.6) is 11.6 Å². The van der Waals surface area contributed by atoms with E-state index < -0.39 is 0 Å². The SMILES string of the molecule is c1ccc(Oc2ccccc2CCc2ccc3ccccc3n2)nc1. The van der Waals surface area contributed by atoms with E-state index in [1.165, 1.54) is 5.39 Å². The van der Waals surface area contributed by atoms with Gasteiger partial charge in [-0.15, -0.1) is 0 Å². The summed E-state index contributed by atoms with van der Waals surface area (Å²) in [5, 5.41) is 1.17. The number of aryl methyl sites for hydroxylation is 2. The number of pyridine rings is 2. The first-order chi connectivity index (χ1) is 12.4. The number of ether oxygens (including phenoxy) is 1. The maximum Gasteiger partial charge on any atom is 0.219 e. The summed E-state index contributed by atoms with van der Waals surface area (Å²) in [6.45, 7) is 0. The minimum atomic E-state index is 0.610. The van der Waals surface area contributed by atoms with Crippen LogP contribution >= 0.6 is 0 Å². The third kappa shape index (κ3) is 3.66. The van der Waals surface area contributed by atoms with Crippen molar-refractivity contribution < 1.29 is 4.74 Å². The molecule has 122 valence electrons. The van der Waals surface area contributed by atoms with E-state index in [0.717, 1.165) is 35.4 Å². The first kappa shape index (κ1) is 15.3. The van der Waals surface area contributed by atoms with Crippen LogP contribution in [0.25, 0.3) is 10.9 Å². The lowest BCUT2D eigenvalue weighted by Gasteiger charge is -2.10. The third-order valence-electron chi connectivity index (χ3n) is 4.13. The smallest absolute Gasteiger partial charge is 0.219 e. The highest BCUT2D eigenvalue weighted by molar-refractivity contribution is 5.78. The molecule has 0 aliphatic carbocycles. The van der Waals surface area contributed by atoms with Crippen LogP contribution in [0.15, 0.2) is 85.1 Å². The van der Waals surface area contributed by atoms with Gasteiger partial charge in [0, 0.05) is 23.3 Å². The lowest BCUT2D eigenvalue weighted by molar-refractivity contribution is 0.457. The molecule has 25 heavy (non-hydrogen) atoms. The average molecular weight is 326 g/mol. The molecule has 0 unspecified atom stereocenters. The van der Waals surface area contributed by atoms with E-state index in [4.69, 9.17) is 9.72 Å². The summed E-state index contributed by atoms with van der Waals surface area (Å²) in [7, 11) is 0. The van der Waals surface area contributed by atoms with Crippen LogP contribution in [-0.2, 0) is 12.8 Å². The van der Waals surface area contributed by atoms with E-state index in [-0.39, 0.29) is 0 Å². The molecule has 0 saturated carbocycles. The van der Waals surface area contributed by atoms with Gasteiger partial charge in [-0.3, -0.25) is 4.98 Å². The van der Waals surface area contributed by atoms with Crippen LogP contribution in [0, 0.1) is 0 Å². The Labute approximate surface area is 147 Å². The van der Waals surface area contributed by atoms with Crippen molar-refractivity contribution in [2.24, 2.45) is 0 Å². The second kappa shape index (κ2) is 7.14. The van der Waals surface area contributed by atoms with Gasteiger partial charge in [-0.05, 0) is 42.7 Å². The van der Waals surface area contributed by atoms with Crippen LogP contribution in [0.1, 0.15) is 11.3 Å². The molecule has 0 atom stereocenters. The summed E-state index contributed by atoms with van der Waals surface area (Å²) in [6.07, 6.45) is 3.47. The number of hydrogen-bond acceptors (Lipinski definition) is 3. The van der Waals surface area contributed by atoms with Crippen molar-refractivity contribution in [3.8, 4) is 11.6 Å². The molecule has 0 saturated heterocycles. The third-order valence-corrected chi connectivity index (χ3v) is 4.13. The van der Waals surface area contributed by atoms with Gasteiger partial charge in [-0.25, -0.2) is 4.98 Å². The van der Waals surface area contributed by atoms with Gasteiger partial charge < -0.3 is 4.74 Å². The van der Waals surface area contributed by atoms with Crippen molar-refractivity contribution >= 4 is 10.9 Å². The van der Waals surface area contributed by atoms with Crippen molar-refractivity contribution in [3.63, 3.8) is 0 Å². The van der Waals surface area contributed by atoms with E-state index in [1.54, 1.807) is 6.20 Å². The van der Waals surface area contributed by atoms with Gasteiger partial charge in [0.1, 0.15) is 5.75 Å². The molecule has 0 bridgehead atoms. The molecule has 2 heterocycles. The van der Waals surface area contributed by atoms with Crippen LogP contribution in [-0.4, -0.2) is 9.97 Å². The van der Waals surface area contributed by atoms with E-state index in [9.17, 15) is 0 Å². The molecule has 2 aromatic heterocycles. The minimum absolute atomic E-state index is 0.610. The van der Waals surface area contributed by atoms with Crippen LogP contribution in [0.2, 0.25) is 0 Å². The fourth-order valence-electron chi connectivity index (χ4n) is 2.84. The van der Waals surface area contributed by atoms with Gasteiger partial charge in [0.25, 0.3) is 0 Å². The van der Waals surface area contributed by atoms with E-state index in [2.05, 4.69) is 35.3 Å². The fourth-order valence-corrected chi connectivity index (χ4v) is 2.84. The number of para-hydroxylation sites is 2. The summed E-state index contributed by atoms with van der Waals surface area (Å²) in [4.78, 5) is 8.98. The molecule has 0 spiro atoms. The van der Waals surface area contributed by atoms with Crippen LogP contribution < -0.4 is 4.74 Å². The zero-order valence-corrected chi connectivity index (χ0v) is 13.8. The maximum atomic E-state index is 5.94. The highest BCUT2D eigenvalue weighted by atomic mass is 16.5. The van der Waals surface area contributed by atoms with E-state index in [1.807, 2.05) is 48.5 Å². The standard InChI is InChI=1S/C22H18N2O/c1-3-9-20-17(7-1)12-14-19(24-20)15-13-18-8-2-4-10-21(18)25-22-11-5-6-16-23-22/h1-12,14,16H,13,15H2. The van der Waals surface area contributed by atoms with Crippen molar-refractivity contribution in [3.05, 3.63) is 96.3 Å². The van der Waals surface area contributed by atoms with Crippen molar-refractivity contribution in [1.82, 2.24) is 9.97 Å². The number of aromatic nitrogens is 2. The number of hydrogen-bond donors (Lipinski definition) is 0. The summed E-state index contributed by atoms with van der Waals surface area (Å²) >= 11 is 0. The van der Waals surface area contributed by atoms with Crippen molar-refractivity contribution in [1.29, 1.82) is 0 Å². The molecular formula is C22H18N2O. The molecule has 3 nitrogen and oxygen atoms in total. The van der Waals surface area contributed by atoms with Gasteiger partial charge in [0.2, 0.25) is 5.88 Å². The van der Waals surface area contributed by atoms with Gasteiger partial charge in [0.15, 0.2) is 0 Å². The molecule has 0 fully saturated rings. The fraction of sp³-hybridized carbons (Fsp3) is 0.0909. The summed E-state index contributed by atoms with van der Waals surface area (Å²) in [5.41, 5.74) is 3.28. The highest BCUT2D eigenvalue weighted by Crippen LogP contribution is 2.25. The zero-order chi connectivity index (χ0) is 16.9. The number of nitrogens with zero attached hydrogens (tertiary/aromatic N) is 2. The molecule has 0 aliphatic rings. The zero-order valence-electron chi connectivity index (χ0n) is 13.8. The summed E-state index contributed by atoms with van der Waals surface area (Å²) < 4.78 is 5.94. The average Bonchev–Trinajstić information content (AvgIpc) is 2.68. The molecule has 0 N–H and O–H groups in total. The molecule has 0 amide bonds. The monoisotopic (exact) mass is 326 g/mol. The van der Waals surface area contributed by atoms with E-state index in [0.29, 0.717) is 5.88 Å². The normalized spacial score (nSPS) is 10.7. The Kier molecular flexibility index (Phi) is 4.38. The number of fused-ring (bicyclic) bond motifs is 1. The number of benzene rings is 2. The molecule has 0 radical (unpaired) electrons. The second-order valence-corrected chi connectivity index (χ2v) is 5.87. The first-order valence-corrected chi connectivity index (χ1v) is 8.40. The van der Waals surface area contributed by atoms with Crippen molar-refractivity contribution in [2.45, 2.75) is 12.8 Å². The second-order valence-electron chi connectivity index (χ2n) is 5.87. The Hall–Kier alpha value is -3.20. The lowest BCUT2D eigenvalue weighted by atomic mass is 10.1. The van der Waals surface area contributed by atoms with Crippen LogP contribution in [0.3, 0.4) is 0 Å². The summed E-state index contributed by atoms with van der Waals surface area (Å²) in [5.74, 6) is 1.46. The largest absolute Gasteiger partial charge is 0.439 e. The van der Waals surface area contributed by atoms with Gasteiger partial charge >= 0.3 is 0 Å². The van der Waals surface area contributed by atoms with Crippen LogP contribution in [0.4, 0.5) is 0 Å². The Bertz CT molecular complexity index is 983. The first-order valence-electron chi connectivity index (χ1n) is 8.40. The topological polar surface area (TPSA) is 35.0 Å². The lowest BCUT2D eigenvalue weighted by Crippen LogP contribution is -1.98. The van der Waals surface area contributed by atoms with E-state index >= 15 is 0 Å². The predicted octanol–water partition coefficient (Wildman–Crippen LogP) is 5.21.